The Bertz CT molecular complexity index is 822. The van der Waals surface area contributed by atoms with Gasteiger partial charge >= 0.3 is 0 Å². The van der Waals surface area contributed by atoms with E-state index >= 15 is 0 Å². The molecule has 1 aromatic carbocycles. The third-order valence-corrected chi connectivity index (χ3v) is 4.40. The van der Waals surface area contributed by atoms with Gasteiger partial charge in [-0.3, -0.25) is 15.3 Å². The Labute approximate surface area is 161 Å². The molecule has 3 N–H and O–H groups in total. The van der Waals surface area contributed by atoms with Crippen LogP contribution in [0.3, 0.4) is 0 Å². The molecule has 6 nitrogen and oxygen atoms in total. The Morgan fingerprint density at radius 1 is 1.19 bits per heavy atom. The van der Waals surface area contributed by atoms with Crippen LogP contribution in [0.1, 0.15) is 11.1 Å². The zero-order chi connectivity index (χ0) is 19.2. The van der Waals surface area contributed by atoms with Crippen molar-refractivity contribution in [1.82, 2.24) is 15.3 Å². The smallest absolute Gasteiger partial charge is 0.184 e. The molecule has 1 saturated heterocycles. The van der Waals surface area contributed by atoms with E-state index in [4.69, 9.17) is 5.73 Å². The van der Waals surface area contributed by atoms with E-state index in [9.17, 15) is 8.78 Å². The van der Waals surface area contributed by atoms with Crippen LogP contribution in [0.15, 0.2) is 41.8 Å². The van der Waals surface area contributed by atoms with Gasteiger partial charge in [0.05, 0.1) is 11.9 Å². The summed E-state index contributed by atoms with van der Waals surface area (Å²) in [4.78, 5) is 8.15. The number of piperazine rings is 1. The number of hydrogen-bond acceptors (Lipinski definition) is 5. The van der Waals surface area contributed by atoms with Crippen molar-refractivity contribution in [3.8, 4) is 0 Å². The molecule has 0 aliphatic carbocycles. The Morgan fingerprint density at radius 3 is 2.56 bits per heavy atom. The van der Waals surface area contributed by atoms with Gasteiger partial charge in [0, 0.05) is 56.7 Å². The largest absolute Gasteiger partial charge is 0.375 e. The molecule has 1 aromatic heterocycles. The second-order valence-corrected chi connectivity index (χ2v) is 6.62. The van der Waals surface area contributed by atoms with E-state index in [1.54, 1.807) is 12.4 Å². The van der Waals surface area contributed by atoms with Crippen molar-refractivity contribution in [2.45, 2.75) is 6.54 Å². The van der Waals surface area contributed by atoms with Crippen LogP contribution in [0.25, 0.3) is 0 Å². The number of hydrogen-bond donors (Lipinski definition) is 2. The highest BCUT2D eigenvalue weighted by molar-refractivity contribution is 7.80. The summed E-state index contributed by atoms with van der Waals surface area (Å²) in [6, 6.07) is 6.29. The summed E-state index contributed by atoms with van der Waals surface area (Å²) in [5, 5.41) is 3.61. The topological polar surface area (TPSA) is 69.8 Å². The van der Waals surface area contributed by atoms with Gasteiger partial charge in [0.1, 0.15) is 11.6 Å². The summed E-state index contributed by atoms with van der Waals surface area (Å²) in [5.74, 6) is -1.05. The molecule has 1 fully saturated rings. The maximum Gasteiger partial charge on any atom is 0.184 e. The number of benzene rings is 1. The average molecular weight is 390 g/mol. The first-order chi connectivity index (χ1) is 13.0. The molecule has 0 unspecified atom stereocenters. The lowest BCUT2D eigenvalue weighted by atomic mass is 10.1. The number of anilines is 1. The minimum absolute atomic E-state index is 0.0244. The van der Waals surface area contributed by atoms with Crippen LogP contribution in [-0.2, 0) is 6.54 Å². The fourth-order valence-electron chi connectivity index (χ4n) is 2.95. The number of aromatic nitrogens is 1. The molecule has 3 rings (SSSR count). The fourth-order valence-corrected chi connectivity index (χ4v) is 3.00. The minimum atomic E-state index is -0.556. The maximum absolute atomic E-state index is 14.5. The third kappa shape index (κ3) is 5.18. The van der Waals surface area contributed by atoms with Crippen molar-refractivity contribution in [1.29, 1.82) is 0 Å². The standard InChI is InChI=1S/C18H20F2N6S/c19-15-10-17(16(20)9-14(15)11-23-24-18(21)27)26-7-5-25(6-8-26)12-13-1-3-22-4-2-13/h1-4,9-11H,5-8,12H2,(H3,21,24,27)/b23-11+. The van der Waals surface area contributed by atoms with Crippen LogP contribution in [0.4, 0.5) is 14.5 Å². The molecular weight excluding hydrogens is 370 g/mol. The van der Waals surface area contributed by atoms with Gasteiger partial charge in [0.2, 0.25) is 0 Å². The summed E-state index contributed by atoms with van der Waals surface area (Å²) in [6.45, 7) is 3.60. The molecule has 0 spiro atoms. The Morgan fingerprint density at radius 2 is 1.89 bits per heavy atom. The molecule has 2 heterocycles. The number of thiocarbonyl (C=S) groups is 1. The van der Waals surface area contributed by atoms with E-state index in [1.807, 2.05) is 17.0 Å². The van der Waals surface area contributed by atoms with Crippen molar-refractivity contribution in [2.75, 3.05) is 31.1 Å². The molecule has 1 aliphatic heterocycles. The van der Waals surface area contributed by atoms with Gasteiger partial charge in [-0.2, -0.15) is 5.10 Å². The van der Waals surface area contributed by atoms with E-state index in [-0.39, 0.29) is 16.4 Å². The third-order valence-electron chi connectivity index (χ3n) is 4.31. The van der Waals surface area contributed by atoms with E-state index in [0.29, 0.717) is 13.1 Å². The Hall–Kier alpha value is -2.65. The second kappa shape index (κ2) is 8.83. The van der Waals surface area contributed by atoms with Gasteiger partial charge in [-0.25, -0.2) is 8.78 Å². The normalized spacial score (nSPS) is 15.3. The number of rotatable bonds is 5. The van der Waals surface area contributed by atoms with Crippen molar-refractivity contribution in [3.63, 3.8) is 0 Å². The first kappa shape index (κ1) is 19.1. The van der Waals surface area contributed by atoms with Gasteiger partial charge in [-0.15, -0.1) is 0 Å². The first-order valence-corrected chi connectivity index (χ1v) is 8.87. The van der Waals surface area contributed by atoms with E-state index in [0.717, 1.165) is 31.9 Å². The molecule has 0 amide bonds. The van der Waals surface area contributed by atoms with Gasteiger partial charge in [-0.05, 0) is 36.0 Å². The SMILES string of the molecule is NC(=S)N/N=C/c1cc(F)c(N2CCN(Cc3ccncc3)CC2)cc1F. The molecule has 2 aromatic rings. The fraction of sp³-hybridized carbons (Fsp3) is 0.278. The molecular formula is C18H20F2N6S. The molecule has 142 valence electrons. The Balaban J connectivity index is 1.63. The number of halogens is 2. The number of nitrogens with two attached hydrogens (primary N) is 1. The average Bonchev–Trinajstić information content (AvgIpc) is 2.65. The lowest BCUT2D eigenvalue weighted by molar-refractivity contribution is 0.249. The molecule has 0 atom stereocenters. The van der Waals surface area contributed by atoms with Crippen LogP contribution in [0.5, 0.6) is 0 Å². The zero-order valence-corrected chi connectivity index (χ0v) is 15.4. The highest BCUT2D eigenvalue weighted by Crippen LogP contribution is 2.24. The van der Waals surface area contributed by atoms with E-state index in [2.05, 4.69) is 32.6 Å². The van der Waals surface area contributed by atoms with Crippen LogP contribution < -0.4 is 16.1 Å². The summed E-state index contributed by atoms with van der Waals surface area (Å²) >= 11 is 4.60. The maximum atomic E-state index is 14.5. The number of nitrogens with zero attached hydrogens (tertiary/aromatic N) is 4. The number of hydrazone groups is 1. The predicted molar refractivity (Wildman–Crippen MR) is 106 cm³/mol. The molecule has 27 heavy (non-hydrogen) atoms. The van der Waals surface area contributed by atoms with Crippen LogP contribution in [-0.4, -0.2) is 47.4 Å². The number of nitrogens with one attached hydrogen (secondary N) is 1. The van der Waals surface area contributed by atoms with Gasteiger partial charge in [0.25, 0.3) is 0 Å². The zero-order valence-electron chi connectivity index (χ0n) is 14.6. The van der Waals surface area contributed by atoms with E-state index in [1.165, 1.54) is 11.6 Å². The molecule has 0 radical (unpaired) electrons. The number of pyridine rings is 1. The first-order valence-electron chi connectivity index (χ1n) is 8.46. The lowest BCUT2D eigenvalue weighted by Gasteiger charge is -2.36. The summed E-state index contributed by atoms with van der Waals surface area (Å²) in [5.41, 5.74) is 9.01. The molecule has 9 heteroatoms. The van der Waals surface area contributed by atoms with Crippen LogP contribution in [0, 0.1) is 11.6 Å². The second-order valence-electron chi connectivity index (χ2n) is 6.18. The van der Waals surface area contributed by atoms with Crippen molar-refractivity contribution in [3.05, 3.63) is 59.4 Å². The highest BCUT2D eigenvalue weighted by atomic mass is 32.1. The minimum Gasteiger partial charge on any atom is -0.375 e. The van der Waals surface area contributed by atoms with Crippen molar-refractivity contribution >= 4 is 29.2 Å². The Kier molecular flexibility index (Phi) is 6.25. The van der Waals surface area contributed by atoms with Gasteiger partial charge in [0.15, 0.2) is 5.11 Å². The lowest BCUT2D eigenvalue weighted by Crippen LogP contribution is -2.46. The summed E-state index contributed by atoms with van der Waals surface area (Å²) in [7, 11) is 0. The molecule has 0 saturated carbocycles. The van der Waals surface area contributed by atoms with Crippen LogP contribution in [0.2, 0.25) is 0 Å². The highest BCUT2D eigenvalue weighted by Gasteiger charge is 2.21. The quantitative estimate of drug-likeness (QED) is 0.461. The predicted octanol–water partition coefficient (Wildman–Crippen LogP) is 1.85. The molecule has 0 bridgehead atoms. The van der Waals surface area contributed by atoms with Crippen LogP contribution >= 0.6 is 12.2 Å². The molecule has 1 aliphatic rings. The van der Waals surface area contributed by atoms with Crippen molar-refractivity contribution in [2.24, 2.45) is 10.8 Å². The van der Waals surface area contributed by atoms with Gasteiger partial charge < -0.3 is 10.6 Å². The summed E-state index contributed by atoms with van der Waals surface area (Å²) in [6.07, 6.45) is 4.68. The summed E-state index contributed by atoms with van der Waals surface area (Å²) < 4.78 is 28.8. The van der Waals surface area contributed by atoms with E-state index < -0.39 is 11.6 Å². The van der Waals surface area contributed by atoms with Gasteiger partial charge in [-0.1, -0.05) is 0 Å². The van der Waals surface area contributed by atoms with Crippen molar-refractivity contribution < 1.29 is 8.78 Å². The monoisotopic (exact) mass is 390 g/mol.